The van der Waals surface area contributed by atoms with Gasteiger partial charge in [0.2, 0.25) is 0 Å². The molecule has 0 saturated carbocycles. The van der Waals surface area contributed by atoms with Gasteiger partial charge < -0.3 is 20.5 Å². The van der Waals surface area contributed by atoms with Gasteiger partial charge in [0.25, 0.3) is 5.91 Å². The van der Waals surface area contributed by atoms with Crippen LogP contribution in [0.1, 0.15) is 30.1 Å². The molecule has 1 fully saturated rings. The molecule has 0 bridgehead atoms. The second-order valence-corrected chi connectivity index (χ2v) is 5.30. The van der Waals surface area contributed by atoms with E-state index >= 15 is 0 Å². The van der Waals surface area contributed by atoms with Crippen molar-refractivity contribution in [3.8, 4) is 11.5 Å². The molecule has 1 aromatic carbocycles. The van der Waals surface area contributed by atoms with Crippen LogP contribution in [0.3, 0.4) is 0 Å². The Balaban J connectivity index is 2.25. The van der Waals surface area contributed by atoms with Crippen LogP contribution in [0.5, 0.6) is 11.5 Å². The van der Waals surface area contributed by atoms with Gasteiger partial charge >= 0.3 is 0 Å². The summed E-state index contributed by atoms with van der Waals surface area (Å²) in [7, 11) is 1.52. The number of hydrogen-bond donors (Lipinski definition) is 2. The average Bonchev–Trinajstić information content (AvgIpc) is 2.46. The number of nitrogens with two attached hydrogens (primary N) is 1. The van der Waals surface area contributed by atoms with E-state index in [-0.39, 0.29) is 17.7 Å². The first kappa shape index (κ1) is 14.7. The summed E-state index contributed by atoms with van der Waals surface area (Å²) in [6.45, 7) is 3.26. The monoisotopic (exact) mass is 278 g/mol. The molecule has 2 unspecified atom stereocenters. The second kappa shape index (κ2) is 6.13. The van der Waals surface area contributed by atoms with Crippen LogP contribution < -0.4 is 10.5 Å². The number of hydrogen-bond acceptors (Lipinski definition) is 4. The number of carbonyl (C=O) groups is 1. The number of phenols is 1. The number of rotatable bonds is 3. The van der Waals surface area contributed by atoms with Gasteiger partial charge in [-0.3, -0.25) is 4.79 Å². The molecule has 1 saturated heterocycles. The van der Waals surface area contributed by atoms with Crippen molar-refractivity contribution >= 4 is 5.91 Å². The molecule has 3 N–H and O–H groups in total. The number of amides is 1. The molecule has 1 amide bonds. The lowest BCUT2D eigenvalue weighted by Gasteiger charge is -2.39. The van der Waals surface area contributed by atoms with Gasteiger partial charge in [0.05, 0.1) is 12.7 Å². The molecule has 5 heteroatoms. The van der Waals surface area contributed by atoms with Crippen LogP contribution in [0.2, 0.25) is 0 Å². The van der Waals surface area contributed by atoms with E-state index in [1.165, 1.54) is 13.2 Å². The van der Waals surface area contributed by atoms with Crippen molar-refractivity contribution in [2.45, 2.75) is 25.8 Å². The Kier molecular flexibility index (Phi) is 4.49. The number of aromatic hydroxyl groups is 1. The molecule has 1 aliphatic heterocycles. The third-order valence-corrected chi connectivity index (χ3v) is 4.05. The number of methoxy groups -OCH3 is 1. The van der Waals surface area contributed by atoms with E-state index in [9.17, 15) is 9.90 Å². The standard InChI is InChI=1S/C15H22N2O3/c1-10-4-3-7-17(13(10)9-16)15(19)12-6-5-11(20-2)8-14(12)18/h5-6,8,10,13,18H,3-4,7,9,16H2,1-2H3. The topological polar surface area (TPSA) is 75.8 Å². The lowest BCUT2D eigenvalue weighted by Crippen LogP contribution is -2.51. The van der Waals surface area contributed by atoms with E-state index in [0.29, 0.717) is 30.3 Å². The van der Waals surface area contributed by atoms with Crippen LogP contribution in [0, 0.1) is 5.92 Å². The summed E-state index contributed by atoms with van der Waals surface area (Å²) >= 11 is 0. The highest BCUT2D eigenvalue weighted by Crippen LogP contribution is 2.29. The number of carbonyl (C=O) groups excluding carboxylic acids is 1. The van der Waals surface area contributed by atoms with Crippen molar-refractivity contribution in [2.24, 2.45) is 11.7 Å². The van der Waals surface area contributed by atoms with Gasteiger partial charge in [-0.2, -0.15) is 0 Å². The summed E-state index contributed by atoms with van der Waals surface area (Å²) in [5, 5.41) is 9.99. The van der Waals surface area contributed by atoms with E-state index in [1.54, 1.807) is 17.0 Å². The largest absolute Gasteiger partial charge is 0.507 e. The molecule has 5 nitrogen and oxygen atoms in total. The minimum Gasteiger partial charge on any atom is -0.507 e. The highest BCUT2D eigenvalue weighted by atomic mass is 16.5. The maximum Gasteiger partial charge on any atom is 0.257 e. The first-order chi connectivity index (χ1) is 9.58. The van der Waals surface area contributed by atoms with Crippen molar-refractivity contribution in [3.63, 3.8) is 0 Å². The fourth-order valence-corrected chi connectivity index (χ4v) is 2.83. The van der Waals surface area contributed by atoms with Gasteiger partial charge in [0.1, 0.15) is 11.5 Å². The summed E-state index contributed by atoms with van der Waals surface area (Å²) in [6.07, 6.45) is 2.06. The molecule has 1 aromatic rings. The molecular weight excluding hydrogens is 256 g/mol. The zero-order chi connectivity index (χ0) is 14.7. The van der Waals surface area contributed by atoms with E-state index in [0.717, 1.165) is 12.8 Å². The van der Waals surface area contributed by atoms with Crippen molar-refractivity contribution in [1.29, 1.82) is 0 Å². The molecule has 1 heterocycles. The minimum atomic E-state index is -0.160. The molecule has 2 rings (SSSR count). The summed E-state index contributed by atoms with van der Waals surface area (Å²) in [5.74, 6) is 0.704. The number of nitrogens with zero attached hydrogens (tertiary/aromatic N) is 1. The molecule has 0 aromatic heterocycles. The first-order valence-corrected chi connectivity index (χ1v) is 6.96. The van der Waals surface area contributed by atoms with Gasteiger partial charge in [-0.15, -0.1) is 0 Å². The Morgan fingerprint density at radius 2 is 2.30 bits per heavy atom. The number of benzene rings is 1. The number of ether oxygens (including phenoxy) is 1. The van der Waals surface area contributed by atoms with Gasteiger partial charge in [0.15, 0.2) is 0 Å². The fraction of sp³-hybridized carbons (Fsp3) is 0.533. The van der Waals surface area contributed by atoms with Crippen LogP contribution in [-0.2, 0) is 0 Å². The molecule has 0 radical (unpaired) electrons. The predicted molar refractivity (Wildman–Crippen MR) is 76.9 cm³/mol. The van der Waals surface area contributed by atoms with Gasteiger partial charge in [0, 0.05) is 25.2 Å². The van der Waals surface area contributed by atoms with Crippen LogP contribution in [0.15, 0.2) is 18.2 Å². The van der Waals surface area contributed by atoms with E-state index in [1.807, 2.05) is 0 Å². The third kappa shape index (κ3) is 2.72. The Labute approximate surface area is 119 Å². The number of piperidine rings is 1. The lowest BCUT2D eigenvalue weighted by atomic mass is 9.90. The van der Waals surface area contributed by atoms with Gasteiger partial charge in [-0.25, -0.2) is 0 Å². The van der Waals surface area contributed by atoms with E-state index < -0.39 is 0 Å². The highest BCUT2D eigenvalue weighted by molar-refractivity contribution is 5.97. The number of phenolic OH excluding ortho intramolecular Hbond substituents is 1. The van der Waals surface area contributed by atoms with E-state index in [2.05, 4.69) is 6.92 Å². The molecular formula is C15H22N2O3. The first-order valence-electron chi connectivity index (χ1n) is 6.96. The van der Waals surface area contributed by atoms with Gasteiger partial charge in [-0.05, 0) is 30.9 Å². The quantitative estimate of drug-likeness (QED) is 0.880. The van der Waals surface area contributed by atoms with Crippen LogP contribution >= 0.6 is 0 Å². The molecule has 20 heavy (non-hydrogen) atoms. The Morgan fingerprint density at radius 1 is 1.55 bits per heavy atom. The Morgan fingerprint density at radius 3 is 2.90 bits per heavy atom. The van der Waals surface area contributed by atoms with Crippen molar-refractivity contribution < 1.29 is 14.6 Å². The summed E-state index contributed by atoms with van der Waals surface area (Å²) < 4.78 is 5.03. The smallest absolute Gasteiger partial charge is 0.257 e. The van der Waals surface area contributed by atoms with Crippen molar-refractivity contribution in [3.05, 3.63) is 23.8 Å². The lowest BCUT2D eigenvalue weighted by molar-refractivity contribution is 0.0529. The molecule has 0 spiro atoms. The highest BCUT2D eigenvalue weighted by Gasteiger charge is 2.32. The Hall–Kier alpha value is -1.75. The van der Waals surface area contributed by atoms with E-state index in [4.69, 9.17) is 10.5 Å². The molecule has 1 aliphatic rings. The summed E-state index contributed by atoms with van der Waals surface area (Å²) in [5.41, 5.74) is 6.11. The van der Waals surface area contributed by atoms with Crippen LogP contribution in [0.25, 0.3) is 0 Å². The fourth-order valence-electron chi connectivity index (χ4n) is 2.83. The minimum absolute atomic E-state index is 0.0396. The normalized spacial score (nSPS) is 22.6. The molecule has 2 atom stereocenters. The van der Waals surface area contributed by atoms with Crippen molar-refractivity contribution in [2.75, 3.05) is 20.2 Å². The summed E-state index contributed by atoms with van der Waals surface area (Å²) in [6, 6.07) is 4.77. The third-order valence-electron chi connectivity index (χ3n) is 4.05. The number of likely N-dealkylation sites (tertiary alicyclic amines) is 1. The SMILES string of the molecule is COc1ccc(C(=O)N2CCCC(C)C2CN)c(O)c1. The zero-order valence-electron chi connectivity index (χ0n) is 12.0. The van der Waals surface area contributed by atoms with Crippen LogP contribution in [-0.4, -0.2) is 42.2 Å². The maximum absolute atomic E-state index is 12.6. The van der Waals surface area contributed by atoms with Crippen molar-refractivity contribution in [1.82, 2.24) is 4.90 Å². The van der Waals surface area contributed by atoms with Crippen LogP contribution in [0.4, 0.5) is 0 Å². The molecule has 110 valence electrons. The second-order valence-electron chi connectivity index (χ2n) is 5.30. The average molecular weight is 278 g/mol. The maximum atomic E-state index is 12.6. The predicted octanol–water partition coefficient (Wildman–Crippen LogP) is 1.60. The zero-order valence-corrected chi connectivity index (χ0v) is 12.0. The molecule has 0 aliphatic carbocycles. The van der Waals surface area contributed by atoms with Gasteiger partial charge in [-0.1, -0.05) is 6.92 Å². The Bertz CT molecular complexity index is 490. The summed E-state index contributed by atoms with van der Waals surface area (Å²) in [4.78, 5) is 14.4.